The first-order chi connectivity index (χ1) is 15.5. The molecule has 2 aromatic carbocycles. The Kier molecular flexibility index (Phi) is 6.88. The Balaban J connectivity index is 1.44. The van der Waals surface area contributed by atoms with Gasteiger partial charge in [-0.15, -0.1) is 0 Å². The lowest BCUT2D eigenvalue weighted by Gasteiger charge is -2.28. The van der Waals surface area contributed by atoms with Crippen LogP contribution in [0.3, 0.4) is 0 Å². The van der Waals surface area contributed by atoms with Crippen molar-refractivity contribution >= 4 is 23.4 Å². The lowest BCUT2D eigenvalue weighted by atomic mass is 9.95. The van der Waals surface area contributed by atoms with Gasteiger partial charge in [-0.05, 0) is 62.4 Å². The van der Waals surface area contributed by atoms with Crippen molar-refractivity contribution in [2.24, 2.45) is 0 Å². The number of carbonyl (C=O) groups excluding carboxylic acids is 3. The highest BCUT2D eigenvalue weighted by molar-refractivity contribution is 6.06. The van der Waals surface area contributed by atoms with Crippen LogP contribution in [0.5, 0.6) is 0 Å². The van der Waals surface area contributed by atoms with Gasteiger partial charge in [-0.2, -0.15) is 0 Å². The van der Waals surface area contributed by atoms with Gasteiger partial charge in [0.2, 0.25) is 5.91 Å². The summed E-state index contributed by atoms with van der Waals surface area (Å²) >= 11 is 0. The molecular weight excluding hydrogens is 402 g/mol. The molecule has 2 aromatic rings. The molecular formula is C26H31N3O3. The monoisotopic (exact) mass is 433 g/mol. The molecule has 3 amide bonds. The van der Waals surface area contributed by atoms with Gasteiger partial charge in [-0.1, -0.05) is 43.5 Å². The van der Waals surface area contributed by atoms with Gasteiger partial charge in [0, 0.05) is 29.4 Å². The average molecular weight is 434 g/mol. The molecule has 32 heavy (non-hydrogen) atoms. The van der Waals surface area contributed by atoms with Crippen LogP contribution in [0.25, 0.3) is 0 Å². The third-order valence-corrected chi connectivity index (χ3v) is 6.52. The second kappa shape index (κ2) is 9.98. The summed E-state index contributed by atoms with van der Waals surface area (Å²) in [6.07, 6.45) is 7.09. The summed E-state index contributed by atoms with van der Waals surface area (Å²) in [5, 5.41) is 6.05. The molecule has 6 nitrogen and oxygen atoms in total. The van der Waals surface area contributed by atoms with Gasteiger partial charge in [0.15, 0.2) is 0 Å². The van der Waals surface area contributed by atoms with E-state index in [1.54, 1.807) is 35.2 Å². The van der Waals surface area contributed by atoms with E-state index in [-0.39, 0.29) is 23.8 Å². The third kappa shape index (κ3) is 5.01. The number of amides is 3. The average Bonchev–Trinajstić information content (AvgIpc) is 3.30. The molecule has 168 valence electrons. The van der Waals surface area contributed by atoms with E-state index in [1.165, 1.54) is 6.42 Å². The minimum atomic E-state index is -0.422. The Morgan fingerprint density at radius 1 is 0.906 bits per heavy atom. The highest BCUT2D eigenvalue weighted by Gasteiger charge is 2.35. The number of benzene rings is 2. The molecule has 0 bridgehead atoms. The zero-order valence-corrected chi connectivity index (χ0v) is 18.6. The van der Waals surface area contributed by atoms with Gasteiger partial charge in [-0.3, -0.25) is 14.4 Å². The van der Waals surface area contributed by atoms with E-state index in [9.17, 15) is 14.4 Å². The van der Waals surface area contributed by atoms with Crippen molar-refractivity contribution in [3.63, 3.8) is 0 Å². The van der Waals surface area contributed by atoms with Gasteiger partial charge >= 0.3 is 0 Å². The summed E-state index contributed by atoms with van der Waals surface area (Å²) in [6.45, 7) is 2.46. The first-order valence-corrected chi connectivity index (χ1v) is 11.6. The van der Waals surface area contributed by atoms with Crippen molar-refractivity contribution in [2.75, 3.05) is 11.9 Å². The molecule has 0 spiro atoms. The molecule has 0 aromatic heterocycles. The summed E-state index contributed by atoms with van der Waals surface area (Å²) in [4.78, 5) is 40.5. The van der Waals surface area contributed by atoms with Crippen LogP contribution in [0.2, 0.25) is 0 Å². The maximum atomic E-state index is 13.2. The SMILES string of the molecule is Cc1ccccc1C(=O)Nc1cccc(C(=O)N2CCC[C@@H]2C(=O)NC2CCCCC2)c1. The van der Waals surface area contributed by atoms with Crippen LogP contribution in [0.1, 0.15) is 71.2 Å². The fraction of sp³-hybridized carbons (Fsp3) is 0.423. The van der Waals surface area contributed by atoms with Crippen molar-refractivity contribution in [3.05, 3.63) is 65.2 Å². The molecule has 2 N–H and O–H groups in total. The zero-order valence-electron chi connectivity index (χ0n) is 18.6. The first kappa shape index (κ1) is 22.1. The van der Waals surface area contributed by atoms with E-state index < -0.39 is 6.04 Å². The number of rotatable bonds is 5. The van der Waals surface area contributed by atoms with E-state index in [0.717, 1.165) is 37.7 Å². The molecule has 1 atom stereocenters. The normalized spacial score (nSPS) is 18.9. The van der Waals surface area contributed by atoms with E-state index in [1.807, 2.05) is 25.1 Å². The molecule has 2 aliphatic rings. The van der Waals surface area contributed by atoms with Gasteiger partial charge < -0.3 is 15.5 Å². The predicted molar refractivity (Wildman–Crippen MR) is 125 cm³/mol. The van der Waals surface area contributed by atoms with Crippen LogP contribution >= 0.6 is 0 Å². The van der Waals surface area contributed by atoms with Gasteiger partial charge in [0.05, 0.1) is 0 Å². The third-order valence-electron chi connectivity index (χ3n) is 6.52. The molecule has 0 radical (unpaired) electrons. The van der Waals surface area contributed by atoms with Crippen LogP contribution in [-0.4, -0.2) is 41.2 Å². The summed E-state index contributed by atoms with van der Waals surface area (Å²) in [5.41, 5.74) is 2.53. The van der Waals surface area contributed by atoms with E-state index in [0.29, 0.717) is 29.8 Å². The number of carbonyl (C=O) groups is 3. The summed E-state index contributed by atoms with van der Waals surface area (Å²) in [5.74, 6) is -0.413. The number of nitrogens with zero attached hydrogens (tertiary/aromatic N) is 1. The largest absolute Gasteiger partial charge is 0.352 e. The fourth-order valence-electron chi connectivity index (χ4n) is 4.75. The predicted octanol–water partition coefficient (Wildman–Crippen LogP) is 4.30. The second-order valence-corrected chi connectivity index (χ2v) is 8.85. The standard InChI is InChI=1S/C26H31N3O3/c1-18-9-5-6-14-22(18)24(30)28-21-13-7-10-19(17-21)26(32)29-16-8-15-23(29)25(31)27-20-11-3-2-4-12-20/h5-7,9-10,13-14,17,20,23H,2-4,8,11-12,15-16H2,1H3,(H,27,31)(H,28,30)/t23-/m1/s1. The van der Waals surface area contributed by atoms with Crippen molar-refractivity contribution in [2.45, 2.75) is 64.0 Å². The Bertz CT molecular complexity index is 997. The van der Waals surface area contributed by atoms with E-state index >= 15 is 0 Å². The molecule has 4 rings (SSSR count). The summed E-state index contributed by atoms with van der Waals surface area (Å²) in [7, 11) is 0. The molecule has 1 heterocycles. The second-order valence-electron chi connectivity index (χ2n) is 8.85. The van der Waals surface area contributed by atoms with Crippen LogP contribution in [-0.2, 0) is 4.79 Å². The minimum absolute atomic E-state index is 0.0354. The zero-order chi connectivity index (χ0) is 22.5. The number of nitrogens with one attached hydrogen (secondary N) is 2. The van der Waals surface area contributed by atoms with Crippen LogP contribution < -0.4 is 10.6 Å². The van der Waals surface area contributed by atoms with Crippen LogP contribution in [0.15, 0.2) is 48.5 Å². The Labute approximate surface area is 189 Å². The van der Waals surface area contributed by atoms with Crippen molar-refractivity contribution in [1.29, 1.82) is 0 Å². The maximum Gasteiger partial charge on any atom is 0.255 e. The van der Waals surface area contributed by atoms with Crippen molar-refractivity contribution in [1.82, 2.24) is 10.2 Å². The van der Waals surface area contributed by atoms with Gasteiger partial charge in [0.25, 0.3) is 11.8 Å². The molecule has 1 saturated carbocycles. The lowest BCUT2D eigenvalue weighted by Crippen LogP contribution is -2.49. The summed E-state index contributed by atoms with van der Waals surface area (Å²) in [6, 6.07) is 14.1. The van der Waals surface area contributed by atoms with E-state index in [2.05, 4.69) is 10.6 Å². The Hall–Kier alpha value is -3.15. The van der Waals surface area contributed by atoms with Gasteiger partial charge in [-0.25, -0.2) is 0 Å². The quantitative estimate of drug-likeness (QED) is 0.738. The smallest absolute Gasteiger partial charge is 0.255 e. The topological polar surface area (TPSA) is 78.5 Å². The molecule has 1 saturated heterocycles. The lowest BCUT2D eigenvalue weighted by molar-refractivity contribution is -0.125. The van der Waals surface area contributed by atoms with Gasteiger partial charge in [0.1, 0.15) is 6.04 Å². The van der Waals surface area contributed by atoms with Crippen molar-refractivity contribution in [3.8, 4) is 0 Å². The molecule has 2 fully saturated rings. The first-order valence-electron chi connectivity index (χ1n) is 11.6. The molecule has 0 unspecified atom stereocenters. The highest BCUT2D eigenvalue weighted by atomic mass is 16.2. The Morgan fingerprint density at radius 2 is 1.69 bits per heavy atom. The van der Waals surface area contributed by atoms with Crippen molar-refractivity contribution < 1.29 is 14.4 Å². The number of hydrogen-bond acceptors (Lipinski definition) is 3. The van der Waals surface area contributed by atoms with Crippen LogP contribution in [0.4, 0.5) is 5.69 Å². The number of hydrogen-bond donors (Lipinski definition) is 2. The highest BCUT2D eigenvalue weighted by Crippen LogP contribution is 2.24. The molecule has 1 aliphatic carbocycles. The number of anilines is 1. The summed E-state index contributed by atoms with van der Waals surface area (Å²) < 4.78 is 0. The maximum absolute atomic E-state index is 13.2. The Morgan fingerprint density at radius 3 is 2.47 bits per heavy atom. The minimum Gasteiger partial charge on any atom is -0.352 e. The number of likely N-dealkylation sites (tertiary alicyclic amines) is 1. The fourth-order valence-corrected chi connectivity index (χ4v) is 4.75. The molecule has 6 heteroatoms. The van der Waals surface area contributed by atoms with Crippen LogP contribution in [0, 0.1) is 6.92 Å². The molecule has 1 aliphatic heterocycles. The van der Waals surface area contributed by atoms with E-state index in [4.69, 9.17) is 0 Å². The number of aryl methyl sites for hydroxylation is 1.